The summed E-state index contributed by atoms with van der Waals surface area (Å²) in [6.07, 6.45) is -2.51. The van der Waals surface area contributed by atoms with Gasteiger partial charge in [-0.15, -0.1) is 0 Å². The molecule has 0 aliphatic heterocycles. The number of hydrogen-bond donors (Lipinski definition) is 0. The average molecular weight is 341 g/mol. The van der Waals surface area contributed by atoms with Crippen LogP contribution in [0.5, 0.6) is 0 Å². The Balaban J connectivity index is 2.50. The summed E-state index contributed by atoms with van der Waals surface area (Å²) < 4.78 is 30.6. The fraction of sp³-hybridized carbons (Fsp3) is 0.133. The van der Waals surface area contributed by atoms with Crippen molar-refractivity contribution in [3.63, 3.8) is 0 Å². The van der Waals surface area contributed by atoms with E-state index in [9.17, 15) is 13.6 Å². The van der Waals surface area contributed by atoms with Crippen molar-refractivity contribution in [1.29, 1.82) is 0 Å². The van der Waals surface area contributed by atoms with Crippen LogP contribution < -0.4 is 0 Å². The molecular weight excluding hydrogens is 330 g/mol. The maximum Gasteiger partial charge on any atom is 0.338 e. The molecule has 2 nitrogen and oxygen atoms in total. The number of benzene rings is 2. The number of ether oxygens (including phenoxy) is 1. The summed E-state index contributed by atoms with van der Waals surface area (Å²) in [6.45, 7) is 0. The first-order chi connectivity index (χ1) is 9.52. The summed E-state index contributed by atoms with van der Waals surface area (Å²) in [4.78, 5) is 11.7. The molecule has 104 valence electrons. The van der Waals surface area contributed by atoms with E-state index in [1.54, 1.807) is 30.3 Å². The molecule has 0 unspecified atom stereocenters. The molecule has 0 amide bonds. The first-order valence-electron chi connectivity index (χ1n) is 5.79. The monoisotopic (exact) mass is 340 g/mol. The Hall–Kier alpha value is -1.75. The quantitative estimate of drug-likeness (QED) is 0.747. The zero-order valence-corrected chi connectivity index (χ0v) is 12.2. The fourth-order valence-electron chi connectivity index (χ4n) is 1.85. The van der Waals surface area contributed by atoms with Gasteiger partial charge in [0.15, 0.2) is 0 Å². The second kappa shape index (κ2) is 6.13. The summed E-state index contributed by atoms with van der Waals surface area (Å²) >= 11 is 3.33. The Morgan fingerprint density at radius 3 is 2.35 bits per heavy atom. The van der Waals surface area contributed by atoms with Gasteiger partial charge < -0.3 is 4.74 Å². The smallest absolute Gasteiger partial charge is 0.338 e. The number of carbonyl (C=O) groups is 1. The molecule has 2 aromatic rings. The highest BCUT2D eigenvalue weighted by Crippen LogP contribution is 2.29. The van der Waals surface area contributed by atoms with E-state index in [-0.39, 0.29) is 5.56 Å². The summed E-state index contributed by atoms with van der Waals surface area (Å²) in [5, 5.41) is 0. The van der Waals surface area contributed by atoms with Gasteiger partial charge in [-0.2, -0.15) is 0 Å². The Morgan fingerprint density at radius 1 is 1.15 bits per heavy atom. The highest BCUT2D eigenvalue weighted by atomic mass is 79.9. The van der Waals surface area contributed by atoms with E-state index in [0.717, 1.165) is 4.47 Å². The largest absolute Gasteiger partial charge is 0.465 e. The molecular formula is C15H11BrF2O2. The topological polar surface area (TPSA) is 26.3 Å². The molecule has 0 aromatic heterocycles. The minimum Gasteiger partial charge on any atom is -0.465 e. The number of halogens is 3. The molecule has 0 bridgehead atoms. The highest BCUT2D eigenvalue weighted by Gasteiger charge is 2.14. The van der Waals surface area contributed by atoms with Crippen LogP contribution in [0.4, 0.5) is 8.78 Å². The summed E-state index contributed by atoms with van der Waals surface area (Å²) in [5.41, 5.74) is 1.65. The van der Waals surface area contributed by atoms with Gasteiger partial charge in [0.2, 0.25) is 0 Å². The molecule has 0 fully saturated rings. The second-order valence-electron chi connectivity index (χ2n) is 4.10. The van der Waals surface area contributed by atoms with Crippen LogP contribution in [-0.2, 0) is 4.74 Å². The maximum absolute atomic E-state index is 12.5. The van der Waals surface area contributed by atoms with Gasteiger partial charge in [0.25, 0.3) is 6.43 Å². The number of esters is 1. The molecule has 0 N–H and O–H groups in total. The number of rotatable bonds is 3. The molecule has 5 heteroatoms. The van der Waals surface area contributed by atoms with E-state index in [1.807, 2.05) is 0 Å². The second-order valence-corrected chi connectivity index (χ2v) is 5.02. The number of carbonyl (C=O) groups excluding carboxylic acids is 1. The third-order valence-corrected chi connectivity index (χ3v) is 3.35. The Labute approximate surface area is 123 Å². The summed E-state index contributed by atoms with van der Waals surface area (Å²) in [5.74, 6) is -0.467. The molecule has 0 saturated carbocycles. The Morgan fingerprint density at radius 2 is 1.80 bits per heavy atom. The maximum atomic E-state index is 12.5. The molecule has 0 saturated heterocycles. The van der Waals surface area contributed by atoms with Crippen molar-refractivity contribution in [2.24, 2.45) is 0 Å². The van der Waals surface area contributed by atoms with Crippen molar-refractivity contribution in [2.75, 3.05) is 7.11 Å². The predicted octanol–water partition coefficient (Wildman–Crippen LogP) is 4.84. The number of alkyl halides is 2. The average Bonchev–Trinajstić information content (AvgIpc) is 2.46. The van der Waals surface area contributed by atoms with Crippen LogP contribution in [0, 0.1) is 0 Å². The van der Waals surface area contributed by atoms with Gasteiger partial charge in [-0.1, -0.05) is 40.2 Å². The van der Waals surface area contributed by atoms with Crippen LogP contribution in [-0.4, -0.2) is 13.1 Å². The molecule has 2 rings (SSSR count). The SMILES string of the molecule is COC(=O)c1ccc(Br)cc1-c1ccc(C(F)F)cc1. The van der Waals surface area contributed by atoms with Crippen LogP contribution in [0.15, 0.2) is 46.9 Å². The van der Waals surface area contributed by atoms with Crippen LogP contribution in [0.2, 0.25) is 0 Å². The van der Waals surface area contributed by atoms with Gasteiger partial charge in [-0.05, 0) is 29.3 Å². The molecule has 0 aliphatic carbocycles. The van der Waals surface area contributed by atoms with Crippen molar-refractivity contribution >= 4 is 21.9 Å². The molecule has 20 heavy (non-hydrogen) atoms. The zero-order chi connectivity index (χ0) is 14.7. The predicted molar refractivity (Wildman–Crippen MR) is 75.9 cm³/mol. The minimum absolute atomic E-state index is 0.0524. The molecule has 0 atom stereocenters. The van der Waals surface area contributed by atoms with E-state index in [0.29, 0.717) is 16.7 Å². The van der Waals surface area contributed by atoms with Gasteiger partial charge in [-0.3, -0.25) is 0 Å². The van der Waals surface area contributed by atoms with E-state index in [2.05, 4.69) is 15.9 Å². The third-order valence-electron chi connectivity index (χ3n) is 2.86. The van der Waals surface area contributed by atoms with E-state index >= 15 is 0 Å². The minimum atomic E-state index is -2.51. The van der Waals surface area contributed by atoms with Crippen molar-refractivity contribution in [3.05, 3.63) is 58.1 Å². The van der Waals surface area contributed by atoms with E-state index in [4.69, 9.17) is 4.74 Å². The number of methoxy groups -OCH3 is 1. The van der Waals surface area contributed by atoms with Crippen molar-refractivity contribution in [2.45, 2.75) is 6.43 Å². The Bertz CT molecular complexity index is 624. The van der Waals surface area contributed by atoms with Crippen LogP contribution in [0.3, 0.4) is 0 Å². The van der Waals surface area contributed by atoms with Crippen LogP contribution in [0.25, 0.3) is 11.1 Å². The number of hydrogen-bond acceptors (Lipinski definition) is 2. The van der Waals surface area contributed by atoms with E-state index < -0.39 is 12.4 Å². The van der Waals surface area contributed by atoms with Crippen molar-refractivity contribution in [3.8, 4) is 11.1 Å². The van der Waals surface area contributed by atoms with Crippen molar-refractivity contribution < 1.29 is 18.3 Å². The van der Waals surface area contributed by atoms with Crippen LogP contribution >= 0.6 is 15.9 Å². The Kier molecular flexibility index (Phi) is 4.49. The summed E-state index contributed by atoms with van der Waals surface area (Å²) in [6, 6.07) is 10.9. The van der Waals surface area contributed by atoms with Gasteiger partial charge in [-0.25, -0.2) is 13.6 Å². The lowest BCUT2D eigenvalue weighted by Crippen LogP contribution is -2.03. The van der Waals surface area contributed by atoms with Gasteiger partial charge in [0.1, 0.15) is 0 Å². The zero-order valence-electron chi connectivity index (χ0n) is 10.6. The van der Waals surface area contributed by atoms with Gasteiger partial charge in [0, 0.05) is 10.0 Å². The summed E-state index contributed by atoms with van der Waals surface area (Å²) in [7, 11) is 1.30. The fourth-order valence-corrected chi connectivity index (χ4v) is 2.21. The lowest BCUT2D eigenvalue weighted by molar-refractivity contribution is 0.0601. The molecule has 0 aliphatic rings. The third kappa shape index (κ3) is 3.04. The molecule has 2 aromatic carbocycles. The van der Waals surface area contributed by atoms with Gasteiger partial charge >= 0.3 is 5.97 Å². The van der Waals surface area contributed by atoms with E-state index in [1.165, 1.54) is 19.2 Å². The van der Waals surface area contributed by atoms with Crippen LogP contribution in [0.1, 0.15) is 22.3 Å². The first-order valence-corrected chi connectivity index (χ1v) is 6.58. The molecule has 0 heterocycles. The highest BCUT2D eigenvalue weighted by molar-refractivity contribution is 9.10. The standard InChI is InChI=1S/C15H11BrF2O2/c1-20-15(19)12-7-6-11(16)8-13(12)9-2-4-10(5-3-9)14(17)18/h2-8,14H,1H3. The van der Waals surface area contributed by atoms with Gasteiger partial charge in [0.05, 0.1) is 12.7 Å². The normalized spacial score (nSPS) is 10.7. The molecule has 0 radical (unpaired) electrons. The lowest BCUT2D eigenvalue weighted by atomic mass is 9.99. The lowest BCUT2D eigenvalue weighted by Gasteiger charge is -2.09. The van der Waals surface area contributed by atoms with Crippen molar-refractivity contribution in [1.82, 2.24) is 0 Å². The molecule has 0 spiro atoms. The first kappa shape index (κ1) is 14.7.